The van der Waals surface area contributed by atoms with Crippen LogP contribution in [0.1, 0.15) is 12.5 Å². The molecule has 2 aromatic rings. The molecule has 0 spiro atoms. The quantitative estimate of drug-likeness (QED) is 0.399. The molecule has 0 aliphatic rings. The molecular weight excluding hydrogens is 424 g/mol. The van der Waals surface area contributed by atoms with Gasteiger partial charge >= 0.3 is 6.03 Å². The molecule has 0 aliphatic carbocycles. The molecule has 3 N–H and O–H groups in total. The Bertz CT molecular complexity index is 1050. The van der Waals surface area contributed by atoms with Crippen LogP contribution in [0.25, 0.3) is 0 Å². The van der Waals surface area contributed by atoms with E-state index in [-0.39, 0.29) is 11.4 Å². The number of halogens is 1. The van der Waals surface area contributed by atoms with Crippen LogP contribution >= 0.6 is 11.6 Å². The fourth-order valence-electron chi connectivity index (χ4n) is 2.35. The molecule has 0 aliphatic heterocycles. The van der Waals surface area contributed by atoms with Gasteiger partial charge in [0.25, 0.3) is 0 Å². The van der Waals surface area contributed by atoms with E-state index in [0.717, 1.165) is 11.1 Å². The van der Waals surface area contributed by atoms with E-state index in [1.807, 2.05) is 13.0 Å². The Morgan fingerprint density at radius 1 is 1.20 bits per heavy atom. The van der Waals surface area contributed by atoms with Crippen molar-refractivity contribution in [3.63, 3.8) is 0 Å². The first-order valence-electron chi connectivity index (χ1n) is 8.97. The lowest BCUT2D eigenvalue weighted by molar-refractivity contribution is 0.253. The Kier molecular flexibility index (Phi) is 8.79. The zero-order valence-electron chi connectivity index (χ0n) is 16.4. The molecule has 2 rings (SSSR count). The van der Waals surface area contributed by atoms with Crippen LogP contribution in [0.4, 0.5) is 10.5 Å². The van der Waals surface area contributed by atoms with Crippen molar-refractivity contribution >= 4 is 40.1 Å². The first-order valence-corrected chi connectivity index (χ1v) is 10.8. The summed E-state index contributed by atoms with van der Waals surface area (Å²) in [6.45, 7) is 5.68. The summed E-state index contributed by atoms with van der Waals surface area (Å²) in [6.07, 6.45) is 5.08. The fraction of sp³-hybridized carbons (Fsp3) is 0.143. The summed E-state index contributed by atoms with van der Waals surface area (Å²) in [5, 5.41) is 5.90. The highest BCUT2D eigenvalue weighted by Crippen LogP contribution is 2.15. The number of nitrogens with zero attached hydrogens (tertiary/aromatic N) is 1. The van der Waals surface area contributed by atoms with Crippen LogP contribution in [-0.2, 0) is 16.6 Å². The van der Waals surface area contributed by atoms with Crippen LogP contribution in [0.2, 0.25) is 5.02 Å². The lowest BCUT2D eigenvalue weighted by Gasteiger charge is -2.10. The van der Waals surface area contributed by atoms with Crippen molar-refractivity contribution in [2.75, 3.05) is 11.9 Å². The summed E-state index contributed by atoms with van der Waals surface area (Å²) in [5.41, 5.74) is 2.15. The van der Waals surface area contributed by atoms with Gasteiger partial charge in [0.1, 0.15) is 0 Å². The molecule has 0 saturated heterocycles. The van der Waals surface area contributed by atoms with Crippen LogP contribution in [0, 0.1) is 0 Å². The van der Waals surface area contributed by atoms with E-state index in [0.29, 0.717) is 17.3 Å². The number of aliphatic imine (C=N–C) groups is 1. The second-order valence-corrected chi connectivity index (χ2v) is 8.53. The van der Waals surface area contributed by atoms with Crippen molar-refractivity contribution in [1.82, 2.24) is 10.0 Å². The minimum absolute atomic E-state index is 0.0943. The zero-order valence-corrected chi connectivity index (χ0v) is 18.0. The Morgan fingerprint density at radius 3 is 2.60 bits per heavy atom. The predicted octanol–water partition coefficient (Wildman–Crippen LogP) is 4.10. The van der Waals surface area contributed by atoms with Gasteiger partial charge in [-0.3, -0.25) is 4.99 Å². The first-order chi connectivity index (χ1) is 14.3. The standard InChI is InChI=1S/C21H23ClN4O3S/c1-16(5-4-12-23-2)14-24-21(27)26-19-8-10-20(11-9-19)30(28,29)25-15-17-6-3-7-18(22)13-17/h3-13,25H,2,14-15H2,1H3,(H2,24,26,27)/b12-4-,16-5+. The Morgan fingerprint density at radius 2 is 1.93 bits per heavy atom. The zero-order chi connectivity index (χ0) is 22.0. The summed E-state index contributed by atoms with van der Waals surface area (Å²) in [6, 6.07) is 12.4. The Balaban J connectivity index is 1.90. The highest BCUT2D eigenvalue weighted by molar-refractivity contribution is 7.89. The third-order valence-electron chi connectivity index (χ3n) is 3.88. The van der Waals surface area contributed by atoms with Crippen molar-refractivity contribution < 1.29 is 13.2 Å². The van der Waals surface area contributed by atoms with Crippen LogP contribution in [0.3, 0.4) is 0 Å². The number of hydrogen-bond donors (Lipinski definition) is 3. The van der Waals surface area contributed by atoms with Crippen molar-refractivity contribution in [1.29, 1.82) is 0 Å². The normalized spacial score (nSPS) is 12.0. The molecule has 7 nitrogen and oxygen atoms in total. The fourth-order valence-corrected chi connectivity index (χ4v) is 3.58. The van der Waals surface area contributed by atoms with E-state index in [1.54, 1.807) is 36.5 Å². The van der Waals surface area contributed by atoms with Gasteiger partial charge in [0, 0.05) is 30.0 Å². The van der Waals surface area contributed by atoms with E-state index in [9.17, 15) is 13.2 Å². The summed E-state index contributed by atoms with van der Waals surface area (Å²) in [7, 11) is -3.70. The maximum Gasteiger partial charge on any atom is 0.319 e. The molecule has 30 heavy (non-hydrogen) atoms. The van der Waals surface area contributed by atoms with E-state index < -0.39 is 16.1 Å². The van der Waals surface area contributed by atoms with Gasteiger partial charge in [-0.05, 0) is 61.7 Å². The van der Waals surface area contributed by atoms with Gasteiger partial charge in [-0.15, -0.1) is 0 Å². The molecule has 0 bridgehead atoms. The lowest BCUT2D eigenvalue weighted by Crippen LogP contribution is -2.30. The molecule has 2 amide bonds. The number of benzene rings is 2. The SMILES string of the molecule is C=N/C=C\C=C(/C)CNC(=O)Nc1ccc(S(=O)(=O)NCc2cccc(Cl)c2)cc1. The van der Waals surface area contributed by atoms with Gasteiger partial charge < -0.3 is 10.6 Å². The third kappa shape index (κ3) is 7.82. The maximum atomic E-state index is 12.4. The van der Waals surface area contributed by atoms with Gasteiger partial charge in [0.15, 0.2) is 0 Å². The van der Waals surface area contributed by atoms with Crippen LogP contribution in [-0.4, -0.2) is 27.7 Å². The predicted molar refractivity (Wildman–Crippen MR) is 121 cm³/mol. The molecule has 0 fully saturated rings. The van der Waals surface area contributed by atoms with Crippen LogP contribution < -0.4 is 15.4 Å². The number of anilines is 1. The average molecular weight is 447 g/mol. The second kappa shape index (κ2) is 11.3. The molecule has 0 saturated carbocycles. The molecule has 0 radical (unpaired) electrons. The third-order valence-corrected chi connectivity index (χ3v) is 5.53. The van der Waals surface area contributed by atoms with Crippen LogP contribution in [0.5, 0.6) is 0 Å². The number of nitrogens with one attached hydrogen (secondary N) is 3. The molecule has 0 heterocycles. The lowest BCUT2D eigenvalue weighted by atomic mass is 10.2. The number of allylic oxidation sites excluding steroid dienone is 2. The topological polar surface area (TPSA) is 99.7 Å². The maximum absolute atomic E-state index is 12.4. The minimum Gasteiger partial charge on any atom is -0.334 e. The monoisotopic (exact) mass is 446 g/mol. The number of rotatable bonds is 9. The number of urea groups is 1. The largest absolute Gasteiger partial charge is 0.334 e. The first kappa shape index (κ1) is 23.3. The Hall–Kier alpha value is -2.94. The highest BCUT2D eigenvalue weighted by Gasteiger charge is 2.14. The number of sulfonamides is 1. The van der Waals surface area contributed by atoms with Gasteiger partial charge in [-0.1, -0.05) is 35.4 Å². The van der Waals surface area contributed by atoms with E-state index >= 15 is 0 Å². The number of hydrogen-bond acceptors (Lipinski definition) is 4. The summed E-state index contributed by atoms with van der Waals surface area (Å²) in [5.74, 6) is 0. The molecule has 158 valence electrons. The number of carbonyl (C=O) groups excluding carboxylic acids is 1. The highest BCUT2D eigenvalue weighted by atomic mass is 35.5. The summed E-state index contributed by atoms with van der Waals surface area (Å²) >= 11 is 5.91. The molecule has 0 unspecified atom stereocenters. The molecule has 9 heteroatoms. The van der Waals surface area contributed by atoms with Crippen molar-refractivity contribution in [3.05, 3.63) is 83.0 Å². The van der Waals surface area contributed by atoms with Gasteiger partial charge in [-0.25, -0.2) is 17.9 Å². The number of amides is 2. The van der Waals surface area contributed by atoms with Gasteiger partial charge in [-0.2, -0.15) is 0 Å². The van der Waals surface area contributed by atoms with Crippen molar-refractivity contribution in [2.24, 2.45) is 4.99 Å². The molecule has 0 aromatic heterocycles. The van der Waals surface area contributed by atoms with Gasteiger partial charge in [0.05, 0.1) is 4.90 Å². The summed E-state index contributed by atoms with van der Waals surface area (Å²) < 4.78 is 27.4. The van der Waals surface area contributed by atoms with Gasteiger partial charge in [0.2, 0.25) is 10.0 Å². The van der Waals surface area contributed by atoms with E-state index in [1.165, 1.54) is 24.3 Å². The number of carbonyl (C=O) groups is 1. The summed E-state index contributed by atoms with van der Waals surface area (Å²) in [4.78, 5) is 15.7. The van der Waals surface area contributed by atoms with E-state index in [2.05, 4.69) is 27.1 Å². The Labute approximate surface area is 181 Å². The molecule has 2 aromatic carbocycles. The van der Waals surface area contributed by atoms with Crippen molar-refractivity contribution in [2.45, 2.75) is 18.4 Å². The van der Waals surface area contributed by atoms with Crippen LogP contribution in [0.15, 0.2) is 82.3 Å². The molecular formula is C21H23ClN4O3S. The smallest absolute Gasteiger partial charge is 0.319 e. The average Bonchev–Trinajstić information content (AvgIpc) is 2.71. The van der Waals surface area contributed by atoms with Crippen molar-refractivity contribution in [3.8, 4) is 0 Å². The van der Waals surface area contributed by atoms with E-state index in [4.69, 9.17) is 11.6 Å². The molecule has 0 atom stereocenters. The second-order valence-electron chi connectivity index (χ2n) is 6.32. The minimum atomic E-state index is -3.70.